The maximum Gasteiger partial charge on any atom is 0.500 e. The summed E-state index contributed by atoms with van der Waals surface area (Å²) in [5, 5.41) is 0. The normalized spacial score (nSPS) is 12.0. The van der Waals surface area contributed by atoms with Gasteiger partial charge in [0, 0.05) is 32.9 Å². The molecule has 1 rings (SSSR count). The van der Waals surface area contributed by atoms with Crippen LogP contribution >= 0.6 is 0 Å². The molecule has 1 aromatic rings. The highest BCUT2D eigenvalue weighted by atomic mass is 28.4. The van der Waals surface area contributed by atoms with Gasteiger partial charge in [-0.05, 0) is 19.3 Å². The number of halogens is 5. The SMILES string of the molecule is CO[Si](CCCCCCc1c(F)c(F)c(F)c(F)c1F)(OC)OC. The Hall–Kier alpha value is -1.03. The van der Waals surface area contributed by atoms with Crippen molar-refractivity contribution in [3.63, 3.8) is 0 Å². The van der Waals surface area contributed by atoms with Crippen molar-refractivity contribution in [2.24, 2.45) is 0 Å². The Labute approximate surface area is 139 Å². The fraction of sp³-hybridized carbons (Fsp3) is 0.600. The molecule has 0 radical (unpaired) electrons. The quantitative estimate of drug-likeness (QED) is 0.201. The van der Waals surface area contributed by atoms with Crippen LogP contribution in [-0.4, -0.2) is 30.1 Å². The standard InChI is InChI=1S/C15H21F5O3Si/c1-21-24(22-2,23-3)9-7-5-4-6-8-10-11(16)13(18)15(20)14(19)12(10)17/h4-9H2,1-3H3. The van der Waals surface area contributed by atoms with Gasteiger partial charge in [-0.15, -0.1) is 0 Å². The van der Waals surface area contributed by atoms with Crippen LogP contribution in [-0.2, 0) is 19.7 Å². The monoisotopic (exact) mass is 372 g/mol. The van der Waals surface area contributed by atoms with Gasteiger partial charge < -0.3 is 13.3 Å². The van der Waals surface area contributed by atoms with Crippen LogP contribution in [0.25, 0.3) is 0 Å². The van der Waals surface area contributed by atoms with E-state index in [0.29, 0.717) is 31.7 Å². The lowest BCUT2D eigenvalue weighted by atomic mass is 10.0. The summed E-state index contributed by atoms with van der Waals surface area (Å²) in [6.07, 6.45) is 2.06. The second-order valence-corrected chi connectivity index (χ2v) is 8.35. The molecule has 138 valence electrons. The molecule has 3 nitrogen and oxygen atoms in total. The van der Waals surface area contributed by atoms with Crippen LogP contribution in [0.5, 0.6) is 0 Å². The summed E-state index contributed by atoms with van der Waals surface area (Å²) in [7, 11) is 1.87. The topological polar surface area (TPSA) is 27.7 Å². The molecule has 0 atom stereocenters. The van der Waals surface area contributed by atoms with Crippen molar-refractivity contribution >= 4 is 8.80 Å². The molecule has 0 fully saturated rings. The average molecular weight is 372 g/mol. The molecule has 0 saturated heterocycles. The smallest absolute Gasteiger partial charge is 0.377 e. The minimum atomic E-state index is -2.64. The molecule has 24 heavy (non-hydrogen) atoms. The van der Waals surface area contributed by atoms with Crippen molar-refractivity contribution < 1.29 is 35.2 Å². The maximum absolute atomic E-state index is 13.5. The molecule has 0 aliphatic heterocycles. The molecule has 0 saturated carbocycles. The minimum Gasteiger partial charge on any atom is -0.377 e. The van der Waals surface area contributed by atoms with Gasteiger partial charge in [0.2, 0.25) is 5.82 Å². The summed E-state index contributed by atoms with van der Waals surface area (Å²) < 4.78 is 81.9. The summed E-state index contributed by atoms with van der Waals surface area (Å²) in [6, 6.07) is 0.582. The van der Waals surface area contributed by atoms with Gasteiger partial charge in [0.15, 0.2) is 23.3 Å². The summed E-state index contributed by atoms with van der Waals surface area (Å²) in [6.45, 7) is 0. The molecule has 0 aliphatic carbocycles. The van der Waals surface area contributed by atoms with E-state index in [-0.39, 0.29) is 6.42 Å². The van der Waals surface area contributed by atoms with Crippen LogP contribution in [0.2, 0.25) is 6.04 Å². The van der Waals surface area contributed by atoms with E-state index in [4.69, 9.17) is 13.3 Å². The van der Waals surface area contributed by atoms with Crippen molar-refractivity contribution in [2.75, 3.05) is 21.3 Å². The summed E-state index contributed by atoms with van der Waals surface area (Å²) in [5.74, 6) is -9.44. The zero-order valence-corrected chi connectivity index (χ0v) is 14.9. The second kappa shape index (κ2) is 9.45. The summed E-state index contributed by atoms with van der Waals surface area (Å²) in [4.78, 5) is 0. The Morgan fingerprint density at radius 3 is 1.50 bits per heavy atom. The molecule has 0 N–H and O–H groups in total. The van der Waals surface area contributed by atoms with E-state index in [0.717, 1.165) is 0 Å². The zero-order valence-electron chi connectivity index (χ0n) is 13.9. The van der Waals surface area contributed by atoms with E-state index in [1.54, 1.807) is 0 Å². The minimum absolute atomic E-state index is 0.215. The van der Waals surface area contributed by atoms with Crippen molar-refractivity contribution in [3.8, 4) is 0 Å². The molecule has 0 amide bonds. The van der Waals surface area contributed by atoms with Crippen molar-refractivity contribution in [1.82, 2.24) is 0 Å². The lowest BCUT2D eigenvalue weighted by Crippen LogP contribution is -2.42. The van der Waals surface area contributed by atoms with E-state index in [1.807, 2.05) is 0 Å². The third-order valence-corrected chi connectivity index (χ3v) is 6.73. The van der Waals surface area contributed by atoms with Crippen LogP contribution in [0, 0.1) is 29.1 Å². The summed E-state index contributed by atoms with van der Waals surface area (Å²) >= 11 is 0. The zero-order chi connectivity index (χ0) is 18.3. The first-order valence-electron chi connectivity index (χ1n) is 7.49. The van der Waals surface area contributed by atoms with Crippen LogP contribution < -0.4 is 0 Å². The first-order valence-corrected chi connectivity index (χ1v) is 9.42. The lowest BCUT2D eigenvalue weighted by Gasteiger charge is -2.24. The van der Waals surface area contributed by atoms with Gasteiger partial charge in [0.25, 0.3) is 0 Å². The average Bonchev–Trinajstić information content (AvgIpc) is 2.61. The van der Waals surface area contributed by atoms with Gasteiger partial charge in [-0.2, -0.15) is 0 Å². The van der Waals surface area contributed by atoms with Crippen LogP contribution in [0.4, 0.5) is 22.0 Å². The first-order chi connectivity index (χ1) is 11.3. The van der Waals surface area contributed by atoms with Crippen molar-refractivity contribution in [1.29, 1.82) is 0 Å². The molecule has 0 spiro atoms. The molecule has 1 aromatic carbocycles. The molecule has 0 heterocycles. The molecule has 0 aromatic heterocycles. The van der Waals surface area contributed by atoms with Gasteiger partial charge >= 0.3 is 8.80 Å². The van der Waals surface area contributed by atoms with Gasteiger partial charge in [-0.25, -0.2) is 22.0 Å². The fourth-order valence-corrected chi connectivity index (χ4v) is 4.22. The fourth-order valence-electron chi connectivity index (χ4n) is 2.42. The molecule has 9 heteroatoms. The van der Waals surface area contributed by atoms with E-state index in [9.17, 15) is 22.0 Å². The van der Waals surface area contributed by atoms with Crippen LogP contribution in [0.1, 0.15) is 31.2 Å². The highest BCUT2D eigenvalue weighted by molar-refractivity contribution is 6.60. The highest BCUT2D eigenvalue weighted by Gasteiger charge is 2.36. The summed E-state index contributed by atoms with van der Waals surface area (Å²) in [5.41, 5.74) is -0.763. The first kappa shape index (κ1) is 21.0. The van der Waals surface area contributed by atoms with E-state index >= 15 is 0 Å². The number of hydrogen-bond donors (Lipinski definition) is 0. The lowest BCUT2D eigenvalue weighted by molar-refractivity contribution is 0.122. The Morgan fingerprint density at radius 1 is 0.625 bits per heavy atom. The highest BCUT2D eigenvalue weighted by Crippen LogP contribution is 2.25. The number of rotatable bonds is 10. The third-order valence-electron chi connectivity index (χ3n) is 3.89. The number of unbranched alkanes of at least 4 members (excludes halogenated alkanes) is 3. The number of hydrogen-bond acceptors (Lipinski definition) is 3. The maximum atomic E-state index is 13.5. The third kappa shape index (κ3) is 4.75. The van der Waals surface area contributed by atoms with Gasteiger partial charge in [-0.3, -0.25) is 0 Å². The largest absolute Gasteiger partial charge is 0.500 e. The van der Waals surface area contributed by atoms with Crippen LogP contribution in [0.3, 0.4) is 0 Å². The Bertz CT molecular complexity index is 515. The second-order valence-electron chi connectivity index (χ2n) is 5.26. The van der Waals surface area contributed by atoms with Crippen molar-refractivity contribution in [3.05, 3.63) is 34.6 Å². The van der Waals surface area contributed by atoms with Gasteiger partial charge in [0.05, 0.1) is 0 Å². The molecule has 0 aliphatic rings. The van der Waals surface area contributed by atoms with E-state index in [2.05, 4.69) is 0 Å². The Kier molecular flexibility index (Phi) is 8.27. The van der Waals surface area contributed by atoms with Gasteiger partial charge in [0.1, 0.15) is 0 Å². The molecule has 0 unspecified atom stereocenters. The molecular weight excluding hydrogens is 351 g/mol. The van der Waals surface area contributed by atoms with E-state index in [1.165, 1.54) is 21.3 Å². The Balaban J connectivity index is 2.50. The predicted molar refractivity (Wildman–Crippen MR) is 80.0 cm³/mol. The molecule has 0 bridgehead atoms. The van der Waals surface area contributed by atoms with Crippen molar-refractivity contribution in [2.45, 2.75) is 38.1 Å². The van der Waals surface area contributed by atoms with E-state index < -0.39 is 43.5 Å². The predicted octanol–water partition coefficient (Wildman–Crippen LogP) is 4.36. The van der Waals surface area contributed by atoms with Crippen LogP contribution in [0.15, 0.2) is 0 Å². The Morgan fingerprint density at radius 2 is 1.04 bits per heavy atom. The number of benzene rings is 1. The molecular formula is C15H21F5O3Si. The van der Waals surface area contributed by atoms with Gasteiger partial charge in [-0.1, -0.05) is 12.8 Å².